The van der Waals surface area contributed by atoms with Gasteiger partial charge in [-0.3, -0.25) is 14.4 Å². The molecule has 37 heavy (non-hydrogen) atoms. The maximum Gasteiger partial charge on any atom is 0.329 e. The van der Waals surface area contributed by atoms with Crippen molar-refractivity contribution in [2.75, 3.05) is 23.8 Å². The molecular weight excluding hydrogens is 547 g/mol. The highest BCUT2D eigenvalue weighted by Gasteiger charge is 2.13. The van der Waals surface area contributed by atoms with Gasteiger partial charge in [-0.25, -0.2) is 9.82 Å². The first kappa shape index (κ1) is 27.3. The molecule has 0 aliphatic carbocycles. The number of nitrogens with one attached hydrogen (secondary N) is 3. The summed E-state index contributed by atoms with van der Waals surface area (Å²) in [5.74, 6) is -1.82. The van der Waals surface area contributed by atoms with E-state index < -0.39 is 23.5 Å². The molecule has 3 aromatic carbocycles. The van der Waals surface area contributed by atoms with Crippen LogP contribution in [0.5, 0.6) is 11.5 Å². The number of hydrazone groups is 1. The SMILES string of the molecule is CCCOc1ccc(NC(=O)C(=O)N/N=C\c2ccc(OCC(=O)Nc3ccc(Br)cc3F)cc2)cc1. The monoisotopic (exact) mass is 570 g/mol. The Balaban J connectivity index is 1.41. The van der Waals surface area contributed by atoms with Crippen LogP contribution in [0.25, 0.3) is 0 Å². The third kappa shape index (κ3) is 9.04. The molecule has 3 rings (SSSR count). The molecule has 11 heteroatoms. The topological polar surface area (TPSA) is 118 Å². The van der Waals surface area contributed by atoms with Crippen molar-refractivity contribution >= 4 is 51.2 Å². The van der Waals surface area contributed by atoms with Gasteiger partial charge >= 0.3 is 11.8 Å². The summed E-state index contributed by atoms with van der Waals surface area (Å²) in [6.45, 7) is 2.27. The molecule has 0 saturated carbocycles. The number of anilines is 2. The summed E-state index contributed by atoms with van der Waals surface area (Å²) in [5, 5.41) is 8.67. The van der Waals surface area contributed by atoms with Crippen molar-refractivity contribution in [1.29, 1.82) is 0 Å². The lowest BCUT2D eigenvalue weighted by Crippen LogP contribution is -2.32. The maximum absolute atomic E-state index is 13.8. The van der Waals surface area contributed by atoms with Crippen LogP contribution in [0.1, 0.15) is 18.9 Å². The second-order valence-corrected chi connectivity index (χ2v) is 8.47. The van der Waals surface area contributed by atoms with Crippen molar-refractivity contribution in [1.82, 2.24) is 5.43 Å². The molecule has 0 fully saturated rings. The molecular formula is C26H24BrFN4O5. The number of hydrogen-bond acceptors (Lipinski definition) is 6. The zero-order chi connectivity index (χ0) is 26.6. The van der Waals surface area contributed by atoms with Gasteiger partial charge in [0.15, 0.2) is 6.61 Å². The zero-order valence-electron chi connectivity index (χ0n) is 19.8. The first-order chi connectivity index (χ1) is 17.8. The Bertz CT molecular complexity index is 1270. The van der Waals surface area contributed by atoms with Gasteiger partial charge in [-0.2, -0.15) is 5.10 Å². The highest BCUT2D eigenvalue weighted by Crippen LogP contribution is 2.19. The third-order valence-electron chi connectivity index (χ3n) is 4.63. The fraction of sp³-hybridized carbons (Fsp3) is 0.154. The normalized spacial score (nSPS) is 10.6. The van der Waals surface area contributed by atoms with Gasteiger partial charge in [0, 0.05) is 10.2 Å². The number of rotatable bonds is 10. The number of ether oxygens (including phenoxy) is 2. The van der Waals surface area contributed by atoms with E-state index in [0.717, 1.165) is 6.42 Å². The highest BCUT2D eigenvalue weighted by molar-refractivity contribution is 9.10. The number of amides is 3. The van der Waals surface area contributed by atoms with Crippen LogP contribution in [0.2, 0.25) is 0 Å². The van der Waals surface area contributed by atoms with Gasteiger partial charge in [-0.05, 0) is 78.7 Å². The Morgan fingerprint density at radius 2 is 1.59 bits per heavy atom. The molecule has 0 heterocycles. The molecule has 0 atom stereocenters. The van der Waals surface area contributed by atoms with E-state index in [9.17, 15) is 18.8 Å². The summed E-state index contributed by atoms with van der Waals surface area (Å²) in [6.07, 6.45) is 2.23. The molecule has 0 unspecified atom stereocenters. The summed E-state index contributed by atoms with van der Waals surface area (Å²) in [4.78, 5) is 36.0. The number of halogens is 2. The van der Waals surface area contributed by atoms with Crippen LogP contribution >= 0.6 is 15.9 Å². The van der Waals surface area contributed by atoms with E-state index in [4.69, 9.17) is 9.47 Å². The maximum atomic E-state index is 13.8. The second kappa shape index (κ2) is 13.7. The van der Waals surface area contributed by atoms with E-state index in [2.05, 4.69) is 37.1 Å². The summed E-state index contributed by atoms with van der Waals surface area (Å²) in [5.41, 5.74) is 3.25. The van der Waals surface area contributed by atoms with Crippen LogP contribution in [-0.2, 0) is 14.4 Å². The van der Waals surface area contributed by atoms with E-state index in [-0.39, 0.29) is 12.3 Å². The first-order valence-corrected chi connectivity index (χ1v) is 12.0. The van der Waals surface area contributed by atoms with Crippen molar-refractivity contribution in [3.8, 4) is 11.5 Å². The lowest BCUT2D eigenvalue weighted by Gasteiger charge is -2.08. The van der Waals surface area contributed by atoms with Crippen LogP contribution in [0, 0.1) is 5.82 Å². The Labute approximate surface area is 221 Å². The van der Waals surface area contributed by atoms with Crippen LogP contribution in [0.3, 0.4) is 0 Å². The smallest absolute Gasteiger partial charge is 0.329 e. The minimum atomic E-state index is -0.935. The average Bonchev–Trinajstić information content (AvgIpc) is 2.89. The Morgan fingerprint density at radius 1 is 0.919 bits per heavy atom. The van der Waals surface area contributed by atoms with Gasteiger partial charge in [0.05, 0.1) is 18.5 Å². The Morgan fingerprint density at radius 3 is 2.27 bits per heavy atom. The number of carbonyl (C=O) groups excluding carboxylic acids is 3. The molecule has 3 amide bonds. The minimum absolute atomic E-state index is 0.0500. The number of benzene rings is 3. The molecule has 3 aromatic rings. The largest absolute Gasteiger partial charge is 0.494 e. The van der Waals surface area contributed by atoms with E-state index in [1.807, 2.05) is 6.92 Å². The first-order valence-electron chi connectivity index (χ1n) is 11.2. The molecule has 0 saturated heterocycles. The molecule has 0 aromatic heterocycles. The summed E-state index contributed by atoms with van der Waals surface area (Å²) >= 11 is 3.15. The van der Waals surface area contributed by atoms with Gasteiger partial charge < -0.3 is 20.1 Å². The molecule has 0 spiro atoms. The molecule has 9 nitrogen and oxygen atoms in total. The third-order valence-corrected chi connectivity index (χ3v) is 5.12. The van der Waals surface area contributed by atoms with E-state index in [1.165, 1.54) is 18.3 Å². The van der Waals surface area contributed by atoms with Gasteiger partial charge in [0.25, 0.3) is 5.91 Å². The molecule has 0 bridgehead atoms. The van der Waals surface area contributed by atoms with Crippen LogP contribution in [0.15, 0.2) is 76.3 Å². The van der Waals surface area contributed by atoms with Crippen molar-refractivity contribution < 1.29 is 28.2 Å². The number of hydrogen-bond donors (Lipinski definition) is 3. The molecule has 0 aliphatic rings. The minimum Gasteiger partial charge on any atom is -0.494 e. The van der Waals surface area contributed by atoms with Gasteiger partial charge in [-0.15, -0.1) is 0 Å². The molecule has 0 radical (unpaired) electrons. The van der Waals surface area contributed by atoms with Crippen molar-refractivity contribution in [2.45, 2.75) is 13.3 Å². The van der Waals surface area contributed by atoms with Crippen molar-refractivity contribution in [2.24, 2.45) is 5.10 Å². The predicted octanol–water partition coefficient (Wildman–Crippen LogP) is 4.48. The standard InChI is InChI=1S/C26H24BrFN4O5/c1-2-13-36-20-10-6-19(7-11-20)30-25(34)26(35)32-29-15-17-3-8-21(9-4-17)37-16-24(33)31-23-12-5-18(27)14-22(23)28/h3-12,14-15H,2,13,16H2,1H3,(H,30,34)(H,31,33)(H,32,35)/b29-15-. The summed E-state index contributed by atoms with van der Waals surface area (Å²) < 4.78 is 25.2. The number of nitrogens with zero attached hydrogens (tertiary/aromatic N) is 1. The zero-order valence-corrected chi connectivity index (χ0v) is 21.4. The molecule has 192 valence electrons. The van der Waals surface area contributed by atoms with Crippen LogP contribution < -0.4 is 25.5 Å². The lowest BCUT2D eigenvalue weighted by molar-refractivity contribution is -0.136. The van der Waals surface area contributed by atoms with E-state index in [1.54, 1.807) is 54.6 Å². The predicted molar refractivity (Wildman–Crippen MR) is 141 cm³/mol. The fourth-order valence-corrected chi connectivity index (χ4v) is 3.17. The van der Waals surface area contributed by atoms with Crippen molar-refractivity contribution in [3.05, 3.63) is 82.6 Å². The Hall–Kier alpha value is -4.25. The summed E-state index contributed by atoms with van der Waals surface area (Å²) in [7, 11) is 0. The number of carbonyl (C=O) groups is 3. The Kier molecular flexibility index (Phi) is 10.1. The average molecular weight is 571 g/mol. The lowest BCUT2D eigenvalue weighted by atomic mass is 10.2. The molecule has 3 N–H and O–H groups in total. The van der Waals surface area contributed by atoms with Gasteiger partial charge in [-0.1, -0.05) is 22.9 Å². The van der Waals surface area contributed by atoms with E-state index in [0.29, 0.717) is 33.8 Å². The molecule has 0 aliphatic heterocycles. The summed E-state index contributed by atoms with van der Waals surface area (Å²) in [6, 6.07) is 17.4. The quantitative estimate of drug-likeness (QED) is 0.189. The van der Waals surface area contributed by atoms with Crippen LogP contribution in [0.4, 0.5) is 15.8 Å². The van der Waals surface area contributed by atoms with Crippen molar-refractivity contribution in [3.63, 3.8) is 0 Å². The van der Waals surface area contributed by atoms with Crippen LogP contribution in [-0.4, -0.2) is 37.1 Å². The fourth-order valence-electron chi connectivity index (χ4n) is 2.83. The second-order valence-electron chi connectivity index (χ2n) is 7.56. The van der Waals surface area contributed by atoms with Gasteiger partial charge in [0.2, 0.25) is 0 Å². The highest BCUT2D eigenvalue weighted by atomic mass is 79.9. The van der Waals surface area contributed by atoms with E-state index >= 15 is 0 Å². The van der Waals surface area contributed by atoms with Gasteiger partial charge in [0.1, 0.15) is 17.3 Å².